The van der Waals surface area contributed by atoms with Gasteiger partial charge >= 0.3 is 0 Å². The van der Waals surface area contributed by atoms with E-state index in [-0.39, 0.29) is 5.82 Å². The predicted octanol–water partition coefficient (Wildman–Crippen LogP) is 3.91. The highest BCUT2D eigenvalue weighted by Gasteiger charge is 2.08. The second-order valence-electron chi connectivity index (χ2n) is 4.65. The van der Waals surface area contributed by atoms with Gasteiger partial charge in [0.15, 0.2) is 0 Å². The van der Waals surface area contributed by atoms with Gasteiger partial charge in [0.1, 0.15) is 5.82 Å². The van der Waals surface area contributed by atoms with Crippen LogP contribution in [0, 0.1) is 11.7 Å². The summed E-state index contributed by atoms with van der Waals surface area (Å²) >= 11 is 0. The summed E-state index contributed by atoms with van der Waals surface area (Å²) in [6.45, 7) is 7.62. The van der Waals surface area contributed by atoms with Crippen LogP contribution in [-0.2, 0) is 0 Å². The first-order chi connectivity index (χ1) is 7.63. The smallest absolute Gasteiger partial charge is 0.123 e. The van der Waals surface area contributed by atoms with Crippen molar-refractivity contribution in [3.05, 3.63) is 35.6 Å². The van der Waals surface area contributed by atoms with Gasteiger partial charge in [-0.15, -0.1) is 0 Å². The Balaban J connectivity index is 2.50. The predicted molar refractivity (Wildman–Crippen MR) is 66.9 cm³/mol. The number of hydrogen-bond acceptors (Lipinski definition) is 1. The third-order valence-corrected chi connectivity index (χ3v) is 2.79. The molecule has 2 heteroatoms. The molecule has 1 atom stereocenters. The maximum absolute atomic E-state index is 12.8. The first-order valence-corrected chi connectivity index (χ1v) is 6.12. The number of hydrogen-bond donors (Lipinski definition) is 1. The summed E-state index contributed by atoms with van der Waals surface area (Å²) in [6, 6.07) is 7.14. The molecule has 1 unspecified atom stereocenters. The molecule has 0 spiro atoms. The van der Waals surface area contributed by atoms with Gasteiger partial charge in [0, 0.05) is 6.04 Å². The van der Waals surface area contributed by atoms with Crippen molar-refractivity contribution in [3.63, 3.8) is 0 Å². The Labute approximate surface area is 98.1 Å². The van der Waals surface area contributed by atoms with Gasteiger partial charge < -0.3 is 5.32 Å². The fourth-order valence-corrected chi connectivity index (χ4v) is 1.74. The van der Waals surface area contributed by atoms with Crippen LogP contribution >= 0.6 is 0 Å². The van der Waals surface area contributed by atoms with E-state index in [0.29, 0.717) is 6.04 Å². The van der Waals surface area contributed by atoms with E-state index in [1.54, 1.807) is 0 Å². The minimum Gasteiger partial charge on any atom is -0.310 e. The molecule has 16 heavy (non-hydrogen) atoms. The third-order valence-electron chi connectivity index (χ3n) is 2.79. The molecule has 1 N–H and O–H groups in total. The Bertz CT molecular complexity index is 292. The Kier molecular flexibility index (Phi) is 5.47. The summed E-state index contributed by atoms with van der Waals surface area (Å²) in [4.78, 5) is 0. The van der Waals surface area contributed by atoms with E-state index in [1.807, 2.05) is 12.1 Å². The van der Waals surface area contributed by atoms with Gasteiger partial charge in [-0.1, -0.05) is 32.9 Å². The Morgan fingerprint density at radius 1 is 1.19 bits per heavy atom. The largest absolute Gasteiger partial charge is 0.310 e. The van der Waals surface area contributed by atoms with Crippen molar-refractivity contribution in [1.29, 1.82) is 0 Å². The van der Waals surface area contributed by atoms with E-state index in [1.165, 1.54) is 24.1 Å². The van der Waals surface area contributed by atoms with Gasteiger partial charge in [0.2, 0.25) is 0 Å². The van der Waals surface area contributed by atoms with Gasteiger partial charge in [0.05, 0.1) is 0 Å². The molecule has 0 aromatic heterocycles. The molecule has 0 saturated heterocycles. The van der Waals surface area contributed by atoms with Crippen LogP contribution in [0.1, 0.15) is 45.2 Å². The zero-order chi connectivity index (χ0) is 12.0. The molecule has 0 aliphatic rings. The van der Waals surface area contributed by atoms with Gasteiger partial charge in [-0.25, -0.2) is 4.39 Å². The van der Waals surface area contributed by atoms with Gasteiger partial charge in [-0.05, 0) is 43.0 Å². The van der Waals surface area contributed by atoms with E-state index in [4.69, 9.17) is 0 Å². The molecule has 0 radical (unpaired) electrons. The summed E-state index contributed by atoms with van der Waals surface area (Å²) in [5.41, 5.74) is 1.17. The van der Waals surface area contributed by atoms with Crippen LogP contribution in [0.3, 0.4) is 0 Å². The molecule has 0 bridgehead atoms. The highest BCUT2D eigenvalue weighted by Crippen LogP contribution is 2.17. The molecular weight excluding hydrogens is 201 g/mol. The number of halogens is 1. The highest BCUT2D eigenvalue weighted by molar-refractivity contribution is 5.19. The maximum atomic E-state index is 12.8. The molecule has 1 aromatic rings. The SMILES string of the molecule is CCC(NCCC(C)C)c1ccc(F)cc1. The van der Waals surface area contributed by atoms with Crippen LogP contribution < -0.4 is 5.32 Å². The summed E-state index contributed by atoms with van der Waals surface area (Å²) in [5, 5.41) is 3.51. The van der Waals surface area contributed by atoms with E-state index in [2.05, 4.69) is 26.1 Å². The lowest BCUT2D eigenvalue weighted by molar-refractivity contribution is 0.469. The number of benzene rings is 1. The Morgan fingerprint density at radius 3 is 2.31 bits per heavy atom. The lowest BCUT2D eigenvalue weighted by Crippen LogP contribution is -2.22. The Morgan fingerprint density at radius 2 is 1.81 bits per heavy atom. The van der Waals surface area contributed by atoms with Crippen LogP contribution in [0.2, 0.25) is 0 Å². The van der Waals surface area contributed by atoms with Crippen molar-refractivity contribution >= 4 is 0 Å². The van der Waals surface area contributed by atoms with Crippen molar-refractivity contribution in [2.24, 2.45) is 5.92 Å². The minimum absolute atomic E-state index is 0.166. The molecule has 0 amide bonds. The molecule has 1 nitrogen and oxygen atoms in total. The zero-order valence-corrected chi connectivity index (χ0v) is 10.5. The van der Waals surface area contributed by atoms with Crippen LogP contribution in [0.25, 0.3) is 0 Å². The van der Waals surface area contributed by atoms with E-state index in [0.717, 1.165) is 18.9 Å². The molecule has 0 saturated carbocycles. The van der Waals surface area contributed by atoms with Crippen LogP contribution in [-0.4, -0.2) is 6.54 Å². The monoisotopic (exact) mass is 223 g/mol. The summed E-state index contributed by atoms with van der Waals surface area (Å²) in [7, 11) is 0. The standard InChI is InChI=1S/C14H22FN/c1-4-14(16-10-9-11(2)3)12-5-7-13(15)8-6-12/h5-8,11,14,16H,4,9-10H2,1-3H3. The summed E-state index contributed by atoms with van der Waals surface area (Å²) in [6.07, 6.45) is 2.21. The van der Waals surface area contributed by atoms with Crippen LogP contribution in [0.4, 0.5) is 4.39 Å². The van der Waals surface area contributed by atoms with E-state index in [9.17, 15) is 4.39 Å². The average molecular weight is 223 g/mol. The van der Waals surface area contributed by atoms with Crippen molar-refractivity contribution < 1.29 is 4.39 Å². The zero-order valence-electron chi connectivity index (χ0n) is 10.5. The van der Waals surface area contributed by atoms with Gasteiger partial charge in [-0.3, -0.25) is 0 Å². The number of nitrogens with one attached hydrogen (secondary N) is 1. The normalized spacial score (nSPS) is 13.1. The maximum Gasteiger partial charge on any atom is 0.123 e. The van der Waals surface area contributed by atoms with Gasteiger partial charge in [0.25, 0.3) is 0 Å². The molecule has 0 heterocycles. The molecular formula is C14H22FN. The fourth-order valence-electron chi connectivity index (χ4n) is 1.74. The fraction of sp³-hybridized carbons (Fsp3) is 0.571. The topological polar surface area (TPSA) is 12.0 Å². The minimum atomic E-state index is -0.166. The van der Waals surface area contributed by atoms with Crippen LogP contribution in [0.15, 0.2) is 24.3 Å². The molecule has 1 aromatic carbocycles. The molecule has 1 rings (SSSR count). The first-order valence-electron chi connectivity index (χ1n) is 6.12. The third kappa shape index (κ3) is 4.31. The quantitative estimate of drug-likeness (QED) is 0.771. The Hall–Kier alpha value is -0.890. The van der Waals surface area contributed by atoms with Crippen LogP contribution in [0.5, 0.6) is 0 Å². The van der Waals surface area contributed by atoms with E-state index < -0.39 is 0 Å². The van der Waals surface area contributed by atoms with Crippen molar-refractivity contribution in [2.75, 3.05) is 6.54 Å². The second kappa shape index (κ2) is 6.64. The van der Waals surface area contributed by atoms with E-state index >= 15 is 0 Å². The molecule has 90 valence electrons. The average Bonchev–Trinajstić information content (AvgIpc) is 2.26. The van der Waals surface area contributed by atoms with Crippen molar-refractivity contribution in [2.45, 2.75) is 39.7 Å². The second-order valence-corrected chi connectivity index (χ2v) is 4.65. The molecule has 0 aliphatic heterocycles. The van der Waals surface area contributed by atoms with Crippen molar-refractivity contribution in [1.82, 2.24) is 5.32 Å². The number of rotatable bonds is 6. The lowest BCUT2D eigenvalue weighted by Gasteiger charge is -2.18. The van der Waals surface area contributed by atoms with Crippen molar-refractivity contribution in [3.8, 4) is 0 Å². The lowest BCUT2D eigenvalue weighted by atomic mass is 10.0. The summed E-state index contributed by atoms with van der Waals surface area (Å²) < 4.78 is 12.8. The first kappa shape index (κ1) is 13.2. The summed E-state index contributed by atoms with van der Waals surface area (Å²) in [5.74, 6) is 0.555. The molecule has 0 aliphatic carbocycles. The molecule has 0 fully saturated rings. The van der Waals surface area contributed by atoms with Gasteiger partial charge in [-0.2, -0.15) is 0 Å². The highest BCUT2D eigenvalue weighted by atomic mass is 19.1.